The van der Waals surface area contributed by atoms with Crippen molar-refractivity contribution in [2.75, 3.05) is 0 Å². The minimum Gasteiger partial charge on any atom is -0.310 e. The molecule has 45 heavy (non-hydrogen) atoms. The van der Waals surface area contributed by atoms with E-state index in [-0.39, 0.29) is 5.41 Å². The Labute approximate surface area is 264 Å². The molecule has 0 bridgehead atoms. The standard InChI is InChI=1S/C41H25N3S/c1-41(2)32-12-7-5-10-26(32)28-18-19-29-31-22-24(16-21-37(31)45-40(29)39(28)41)38-33(43-4)13-9-15-36(38)44-34-14-8-6-11-27(34)30-23-25(42-3)17-20-35(30)44/h5-23H,1-2H3. The van der Waals surface area contributed by atoms with Gasteiger partial charge in [-0.1, -0.05) is 92.7 Å². The molecular formula is C41H25N3S. The summed E-state index contributed by atoms with van der Waals surface area (Å²) in [5.41, 5.74) is 11.6. The van der Waals surface area contributed by atoms with Gasteiger partial charge in [-0.3, -0.25) is 0 Å². The van der Waals surface area contributed by atoms with Crippen LogP contribution >= 0.6 is 11.3 Å². The number of hydrogen-bond donors (Lipinski definition) is 0. The molecule has 0 spiro atoms. The maximum absolute atomic E-state index is 8.17. The SMILES string of the molecule is [C-]#[N+]c1ccc2c(c1)c1ccccc1n2-c1cccc([N+]#[C-])c1-c1ccc2sc3c4c(ccc3c2c1)-c1ccccc1C4(C)C. The summed E-state index contributed by atoms with van der Waals surface area (Å²) in [5, 5.41) is 4.61. The average molecular weight is 592 g/mol. The number of nitrogens with zero attached hydrogens (tertiary/aromatic N) is 3. The summed E-state index contributed by atoms with van der Waals surface area (Å²) in [6.07, 6.45) is 0. The number of thiophene rings is 1. The van der Waals surface area contributed by atoms with Gasteiger partial charge in [0.25, 0.3) is 0 Å². The molecule has 0 unspecified atom stereocenters. The van der Waals surface area contributed by atoms with Gasteiger partial charge in [0.05, 0.1) is 24.2 Å². The largest absolute Gasteiger partial charge is 0.310 e. The lowest BCUT2D eigenvalue weighted by Crippen LogP contribution is -2.14. The van der Waals surface area contributed by atoms with Crippen LogP contribution in [-0.4, -0.2) is 4.57 Å². The third-order valence-corrected chi connectivity index (χ3v) is 10.8. The highest BCUT2D eigenvalue weighted by Crippen LogP contribution is 2.54. The highest BCUT2D eigenvalue weighted by atomic mass is 32.1. The molecule has 0 amide bonds. The summed E-state index contributed by atoms with van der Waals surface area (Å²) >= 11 is 1.87. The summed E-state index contributed by atoms with van der Waals surface area (Å²) in [5.74, 6) is 0. The van der Waals surface area contributed by atoms with Crippen molar-refractivity contribution in [2.24, 2.45) is 0 Å². The van der Waals surface area contributed by atoms with Crippen LogP contribution in [0.25, 0.3) is 79.6 Å². The Morgan fingerprint density at radius 3 is 2.33 bits per heavy atom. The fourth-order valence-electron chi connectivity index (χ4n) is 7.63. The average Bonchev–Trinajstić information content (AvgIpc) is 3.69. The monoisotopic (exact) mass is 591 g/mol. The molecule has 4 heteroatoms. The van der Waals surface area contributed by atoms with Crippen LogP contribution in [0.2, 0.25) is 0 Å². The van der Waals surface area contributed by atoms with Crippen molar-refractivity contribution in [2.45, 2.75) is 19.3 Å². The predicted molar refractivity (Wildman–Crippen MR) is 189 cm³/mol. The zero-order chi connectivity index (χ0) is 30.4. The van der Waals surface area contributed by atoms with E-state index in [4.69, 9.17) is 13.1 Å². The molecule has 0 N–H and O–H groups in total. The zero-order valence-electron chi connectivity index (χ0n) is 24.7. The summed E-state index contributed by atoms with van der Waals surface area (Å²) in [7, 11) is 0. The van der Waals surface area contributed by atoms with Gasteiger partial charge in [-0.15, -0.1) is 11.3 Å². The minimum absolute atomic E-state index is 0.0807. The molecule has 210 valence electrons. The molecule has 9 rings (SSSR count). The lowest BCUT2D eigenvalue weighted by Gasteiger charge is -2.22. The van der Waals surface area contributed by atoms with Gasteiger partial charge in [-0.25, -0.2) is 9.69 Å². The van der Waals surface area contributed by atoms with Gasteiger partial charge in [0.1, 0.15) is 0 Å². The maximum Gasteiger partial charge on any atom is 0.196 e. The van der Waals surface area contributed by atoms with E-state index in [1.54, 1.807) is 0 Å². The number of aromatic nitrogens is 1. The molecule has 0 radical (unpaired) electrons. The van der Waals surface area contributed by atoms with Crippen LogP contribution in [0, 0.1) is 13.1 Å². The van der Waals surface area contributed by atoms with E-state index in [0.29, 0.717) is 11.4 Å². The van der Waals surface area contributed by atoms with Crippen LogP contribution in [-0.2, 0) is 5.41 Å². The van der Waals surface area contributed by atoms with Crippen molar-refractivity contribution < 1.29 is 0 Å². The van der Waals surface area contributed by atoms with Crippen LogP contribution in [0.4, 0.5) is 11.4 Å². The van der Waals surface area contributed by atoms with Crippen molar-refractivity contribution in [3.63, 3.8) is 0 Å². The van der Waals surface area contributed by atoms with Crippen LogP contribution < -0.4 is 0 Å². The molecule has 2 heterocycles. The van der Waals surface area contributed by atoms with Crippen molar-refractivity contribution in [3.05, 3.63) is 149 Å². The Morgan fingerprint density at radius 2 is 1.47 bits per heavy atom. The van der Waals surface area contributed by atoms with E-state index in [0.717, 1.165) is 38.6 Å². The molecule has 1 aliphatic carbocycles. The smallest absolute Gasteiger partial charge is 0.196 e. The highest BCUT2D eigenvalue weighted by molar-refractivity contribution is 7.26. The molecule has 0 fully saturated rings. The van der Waals surface area contributed by atoms with Gasteiger partial charge in [-0.2, -0.15) is 0 Å². The predicted octanol–water partition coefficient (Wildman–Crippen LogP) is 12.2. The first-order chi connectivity index (χ1) is 22.0. The first-order valence-corrected chi connectivity index (χ1v) is 15.8. The summed E-state index contributed by atoms with van der Waals surface area (Å²) in [4.78, 5) is 7.72. The third-order valence-electron chi connectivity index (χ3n) is 9.61. The van der Waals surface area contributed by atoms with Crippen LogP contribution in [0.15, 0.2) is 115 Å². The van der Waals surface area contributed by atoms with Crippen molar-refractivity contribution >= 4 is 64.7 Å². The molecule has 2 aromatic heterocycles. The zero-order valence-corrected chi connectivity index (χ0v) is 25.5. The Balaban J connectivity index is 1.32. The van der Waals surface area contributed by atoms with Gasteiger partial charge < -0.3 is 4.57 Å². The van der Waals surface area contributed by atoms with Gasteiger partial charge in [0.2, 0.25) is 0 Å². The molecule has 0 aliphatic heterocycles. The second-order valence-corrected chi connectivity index (χ2v) is 13.3. The van der Waals surface area contributed by atoms with Gasteiger partial charge in [0, 0.05) is 42.2 Å². The van der Waals surface area contributed by atoms with E-state index >= 15 is 0 Å². The van der Waals surface area contributed by atoms with Crippen LogP contribution in [0.3, 0.4) is 0 Å². The summed E-state index contributed by atoms with van der Waals surface area (Å²) in [6, 6.07) is 40.3. The van der Waals surface area contributed by atoms with E-state index in [1.807, 2.05) is 53.8 Å². The van der Waals surface area contributed by atoms with Crippen molar-refractivity contribution in [1.82, 2.24) is 4.57 Å². The van der Waals surface area contributed by atoms with Gasteiger partial charge in [0.15, 0.2) is 11.4 Å². The maximum atomic E-state index is 8.17. The third kappa shape index (κ3) is 3.43. The highest BCUT2D eigenvalue weighted by Gasteiger charge is 2.37. The minimum atomic E-state index is -0.0807. The molecule has 1 aliphatic rings. The Bertz CT molecular complexity index is 2650. The number of fused-ring (bicyclic) bond motifs is 10. The normalized spacial score (nSPS) is 13.2. The van der Waals surface area contributed by atoms with Crippen molar-refractivity contribution in [3.8, 4) is 27.9 Å². The molecule has 8 aromatic rings. The Hall–Kier alpha value is -5.68. The first-order valence-electron chi connectivity index (χ1n) is 15.0. The van der Waals surface area contributed by atoms with E-state index in [1.165, 1.54) is 42.4 Å². The van der Waals surface area contributed by atoms with Crippen molar-refractivity contribution in [1.29, 1.82) is 0 Å². The molecule has 3 nitrogen and oxygen atoms in total. The number of rotatable bonds is 2. The second-order valence-electron chi connectivity index (χ2n) is 12.3. The Morgan fingerprint density at radius 1 is 0.644 bits per heavy atom. The first kappa shape index (κ1) is 25.8. The fraction of sp³-hybridized carbons (Fsp3) is 0.0732. The number of hydrogen-bond acceptors (Lipinski definition) is 1. The number of benzene rings is 6. The quantitative estimate of drug-likeness (QED) is 0.178. The molecule has 6 aromatic carbocycles. The van der Waals surface area contributed by atoms with E-state index < -0.39 is 0 Å². The number of para-hydroxylation sites is 1. The Kier molecular flexibility index (Phi) is 5.25. The molecule has 0 saturated carbocycles. The lowest BCUT2D eigenvalue weighted by molar-refractivity contribution is 0.667. The summed E-state index contributed by atoms with van der Waals surface area (Å²) < 4.78 is 4.85. The summed E-state index contributed by atoms with van der Waals surface area (Å²) in [6.45, 7) is 20.5. The second kappa shape index (κ2) is 9.16. The molecule has 0 atom stereocenters. The molecule has 0 saturated heterocycles. The fourth-order valence-corrected chi connectivity index (χ4v) is 9.02. The topological polar surface area (TPSA) is 13.6 Å². The van der Waals surface area contributed by atoms with E-state index in [2.05, 4.69) is 101 Å². The van der Waals surface area contributed by atoms with E-state index in [9.17, 15) is 0 Å². The van der Waals surface area contributed by atoms with Gasteiger partial charge in [-0.05, 0) is 69.6 Å². The molecular weight excluding hydrogens is 567 g/mol. The van der Waals surface area contributed by atoms with Crippen LogP contribution in [0.1, 0.15) is 25.0 Å². The lowest BCUT2D eigenvalue weighted by atomic mass is 9.82. The van der Waals surface area contributed by atoms with Gasteiger partial charge >= 0.3 is 0 Å². The van der Waals surface area contributed by atoms with Crippen LogP contribution in [0.5, 0.6) is 0 Å².